The first-order valence-electron chi connectivity index (χ1n) is 7.12. The molecule has 2 rings (SSSR count). The number of hydrogen-bond acceptors (Lipinski definition) is 3. The molecule has 0 aromatic heterocycles. The van der Waals surface area contributed by atoms with Crippen LogP contribution in [0.15, 0.2) is 23.1 Å². The summed E-state index contributed by atoms with van der Waals surface area (Å²) in [5.74, 6) is -1.45. The fourth-order valence-electron chi connectivity index (χ4n) is 2.36. The van der Waals surface area contributed by atoms with E-state index >= 15 is 0 Å². The summed E-state index contributed by atoms with van der Waals surface area (Å²) in [7, 11) is 0. The van der Waals surface area contributed by atoms with E-state index in [2.05, 4.69) is 5.32 Å². The highest BCUT2D eigenvalue weighted by molar-refractivity contribution is 7.99. The summed E-state index contributed by atoms with van der Waals surface area (Å²) in [5.41, 5.74) is 4.86. The molecule has 116 valence electrons. The zero-order valence-corrected chi connectivity index (χ0v) is 12.8. The van der Waals surface area contributed by atoms with E-state index in [1.165, 1.54) is 17.8 Å². The van der Waals surface area contributed by atoms with Gasteiger partial charge in [0.15, 0.2) is 11.6 Å². The number of nitrogens with two attached hydrogens (primary N) is 1. The van der Waals surface area contributed by atoms with Gasteiger partial charge in [0.05, 0.1) is 0 Å². The van der Waals surface area contributed by atoms with Crippen molar-refractivity contribution < 1.29 is 13.6 Å². The highest BCUT2D eigenvalue weighted by Gasteiger charge is 2.49. The SMILES string of the molecule is CCCNC(CSc1ccc(F)c(F)c1)(C(N)=O)C1CC1. The van der Waals surface area contributed by atoms with Gasteiger partial charge in [-0.1, -0.05) is 6.92 Å². The maximum Gasteiger partial charge on any atom is 0.238 e. The number of primary amides is 1. The van der Waals surface area contributed by atoms with Crippen LogP contribution in [0.25, 0.3) is 0 Å². The van der Waals surface area contributed by atoms with E-state index in [-0.39, 0.29) is 11.8 Å². The molecule has 1 aromatic carbocycles. The zero-order valence-electron chi connectivity index (χ0n) is 12.0. The Kier molecular flexibility index (Phi) is 5.22. The molecule has 1 amide bonds. The Morgan fingerprint density at radius 3 is 2.67 bits per heavy atom. The van der Waals surface area contributed by atoms with E-state index in [0.717, 1.165) is 31.4 Å². The topological polar surface area (TPSA) is 55.1 Å². The minimum absolute atomic E-state index is 0.236. The first kappa shape index (κ1) is 16.2. The van der Waals surface area contributed by atoms with Crippen LogP contribution in [-0.2, 0) is 4.79 Å². The van der Waals surface area contributed by atoms with Crippen molar-refractivity contribution in [3.8, 4) is 0 Å². The maximum atomic E-state index is 13.2. The Labute approximate surface area is 127 Å². The molecule has 0 heterocycles. The monoisotopic (exact) mass is 314 g/mol. The molecule has 1 fully saturated rings. The predicted octanol–water partition coefficient (Wildman–Crippen LogP) is 2.69. The lowest BCUT2D eigenvalue weighted by molar-refractivity contribution is -0.124. The van der Waals surface area contributed by atoms with Crippen molar-refractivity contribution in [2.75, 3.05) is 12.3 Å². The van der Waals surface area contributed by atoms with Gasteiger partial charge < -0.3 is 11.1 Å². The molecule has 6 heteroatoms. The summed E-state index contributed by atoms with van der Waals surface area (Å²) < 4.78 is 26.2. The number of amides is 1. The number of rotatable bonds is 8. The quantitative estimate of drug-likeness (QED) is 0.725. The molecule has 1 atom stereocenters. The molecular weight excluding hydrogens is 294 g/mol. The Hall–Kier alpha value is -1.14. The lowest BCUT2D eigenvalue weighted by Gasteiger charge is -2.31. The summed E-state index contributed by atoms with van der Waals surface area (Å²) >= 11 is 1.33. The number of thioether (sulfide) groups is 1. The third kappa shape index (κ3) is 3.74. The Morgan fingerprint density at radius 2 is 2.14 bits per heavy atom. The maximum absolute atomic E-state index is 13.2. The van der Waals surface area contributed by atoms with Crippen LogP contribution in [0.2, 0.25) is 0 Å². The van der Waals surface area contributed by atoms with Gasteiger partial charge >= 0.3 is 0 Å². The summed E-state index contributed by atoms with van der Waals surface area (Å²) in [4.78, 5) is 12.6. The minimum atomic E-state index is -0.877. The van der Waals surface area contributed by atoms with E-state index in [9.17, 15) is 13.6 Å². The van der Waals surface area contributed by atoms with E-state index in [1.807, 2.05) is 6.92 Å². The number of carbonyl (C=O) groups excluding carboxylic acids is 1. The molecular formula is C15H20F2N2OS. The van der Waals surface area contributed by atoms with Crippen LogP contribution >= 0.6 is 11.8 Å². The van der Waals surface area contributed by atoms with E-state index < -0.39 is 17.2 Å². The Morgan fingerprint density at radius 1 is 1.43 bits per heavy atom. The first-order valence-corrected chi connectivity index (χ1v) is 8.11. The fraction of sp³-hybridized carbons (Fsp3) is 0.533. The number of hydrogen-bond donors (Lipinski definition) is 2. The van der Waals surface area contributed by atoms with Gasteiger partial charge in [0.25, 0.3) is 0 Å². The van der Waals surface area contributed by atoms with Crippen LogP contribution < -0.4 is 11.1 Å². The molecule has 1 saturated carbocycles. The molecule has 0 saturated heterocycles. The Bertz CT molecular complexity index is 522. The molecule has 0 radical (unpaired) electrons. The third-order valence-electron chi connectivity index (χ3n) is 3.76. The molecule has 3 N–H and O–H groups in total. The summed E-state index contributed by atoms with van der Waals surface area (Å²) in [6.45, 7) is 2.73. The zero-order chi connectivity index (χ0) is 15.5. The van der Waals surface area contributed by atoms with Gasteiger partial charge in [0.1, 0.15) is 5.54 Å². The van der Waals surface area contributed by atoms with Crippen molar-refractivity contribution in [2.24, 2.45) is 11.7 Å². The number of halogens is 2. The van der Waals surface area contributed by atoms with Gasteiger partial charge in [0.2, 0.25) is 5.91 Å². The second-order valence-electron chi connectivity index (χ2n) is 5.40. The van der Waals surface area contributed by atoms with Crippen LogP contribution in [0.1, 0.15) is 26.2 Å². The van der Waals surface area contributed by atoms with E-state index in [0.29, 0.717) is 17.2 Å². The molecule has 3 nitrogen and oxygen atoms in total. The lowest BCUT2D eigenvalue weighted by atomic mass is 9.94. The van der Waals surface area contributed by atoms with Crippen molar-refractivity contribution in [1.82, 2.24) is 5.32 Å². The largest absolute Gasteiger partial charge is 0.368 e. The smallest absolute Gasteiger partial charge is 0.238 e. The predicted molar refractivity (Wildman–Crippen MR) is 80.0 cm³/mol. The first-order chi connectivity index (χ1) is 9.99. The van der Waals surface area contributed by atoms with Gasteiger partial charge in [-0.05, 0) is 49.9 Å². The highest BCUT2D eigenvalue weighted by atomic mass is 32.2. The molecule has 0 bridgehead atoms. The van der Waals surface area contributed by atoms with E-state index in [4.69, 9.17) is 5.73 Å². The summed E-state index contributed by atoms with van der Waals surface area (Å²) in [6, 6.07) is 3.76. The van der Waals surface area contributed by atoms with E-state index in [1.54, 1.807) is 0 Å². The molecule has 0 spiro atoms. The highest BCUT2D eigenvalue weighted by Crippen LogP contribution is 2.42. The second kappa shape index (κ2) is 6.75. The molecule has 21 heavy (non-hydrogen) atoms. The molecule has 1 aromatic rings. The van der Waals surface area contributed by atoms with Gasteiger partial charge in [0, 0.05) is 10.6 Å². The van der Waals surface area contributed by atoms with Crippen LogP contribution in [0, 0.1) is 17.6 Å². The standard InChI is InChI=1S/C15H20F2N2OS/c1-2-7-19-15(14(18)20,10-3-4-10)9-21-11-5-6-12(16)13(17)8-11/h5-6,8,10,19H,2-4,7,9H2,1H3,(H2,18,20). The van der Waals surface area contributed by atoms with Crippen molar-refractivity contribution in [1.29, 1.82) is 0 Å². The van der Waals surface area contributed by atoms with Crippen LogP contribution in [0.3, 0.4) is 0 Å². The summed E-state index contributed by atoms with van der Waals surface area (Å²) in [6.07, 6.45) is 2.84. The van der Waals surface area contributed by atoms with Gasteiger partial charge in [-0.15, -0.1) is 11.8 Å². The third-order valence-corrected chi connectivity index (χ3v) is 4.95. The second-order valence-corrected chi connectivity index (χ2v) is 6.45. The number of nitrogens with one attached hydrogen (secondary N) is 1. The van der Waals surface area contributed by atoms with Gasteiger partial charge in [-0.3, -0.25) is 4.79 Å². The normalized spacial score (nSPS) is 17.5. The number of benzene rings is 1. The van der Waals surface area contributed by atoms with Gasteiger partial charge in [-0.25, -0.2) is 8.78 Å². The average Bonchev–Trinajstić information content (AvgIpc) is 3.27. The molecule has 1 aliphatic rings. The van der Waals surface area contributed by atoms with Crippen LogP contribution in [0.5, 0.6) is 0 Å². The van der Waals surface area contributed by atoms with Crippen molar-refractivity contribution in [3.63, 3.8) is 0 Å². The number of carbonyl (C=O) groups is 1. The van der Waals surface area contributed by atoms with Gasteiger partial charge in [-0.2, -0.15) is 0 Å². The summed E-state index contributed by atoms with van der Waals surface area (Å²) in [5, 5.41) is 3.28. The average molecular weight is 314 g/mol. The Balaban J connectivity index is 2.10. The molecule has 1 unspecified atom stereocenters. The molecule has 1 aliphatic carbocycles. The van der Waals surface area contributed by atoms with Crippen molar-refractivity contribution in [3.05, 3.63) is 29.8 Å². The van der Waals surface area contributed by atoms with Crippen molar-refractivity contribution >= 4 is 17.7 Å². The van der Waals surface area contributed by atoms with Crippen molar-refractivity contribution in [2.45, 2.75) is 36.6 Å². The lowest BCUT2D eigenvalue weighted by Crippen LogP contribution is -2.59. The molecule has 0 aliphatic heterocycles. The van der Waals surface area contributed by atoms with Crippen LogP contribution in [0.4, 0.5) is 8.78 Å². The minimum Gasteiger partial charge on any atom is -0.368 e. The fourth-order valence-corrected chi connectivity index (χ4v) is 3.59. The van der Waals surface area contributed by atoms with Crippen LogP contribution in [-0.4, -0.2) is 23.7 Å².